The maximum Gasteiger partial charge on any atom is 0.115 e. The van der Waals surface area contributed by atoms with E-state index in [4.69, 9.17) is 0 Å². The van der Waals surface area contributed by atoms with Crippen LogP contribution in [0.5, 0.6) is 0 Å². The van der Waals surface area contributed by atoms with E-state index in [1.807, 2.05) is 12.4 Å². The van der Waals surface area contributed by atoms with E-state index in [0.717, 1.165) is 0 Å². The van der Waals surface area contributed by atoms with Gasteiger partial charge in [-0.1, -0.05) is 0 Å². The molecular weight excluding hydrogens is 128 g/mol. The second-order valence-corrected chi connectivity index (χ2v) is 2.28. The minimum absolute atomic E-state index is 0.176. The average Bonchev–Trinajstić information content (AvgIpc) is 2.05. The van der Waals surface area contributed by atoms with Crippen LogP contribution in [0.1, 0.15) is 0 Å². The fourth-order valence-electron chi connectivity index (χ4n) is 1.06. The highest BCUT2D eigenvalue weighted by molar-refractivity contribution is 5.90. The van der Waals surface area contributed by atoms with Gasteiger partial charge in [0.05, 0.1) is 12.6 Å². The number of rotatable bonds is 0. The topological polar surface area (TPSA) is 49.1 Å². The quantitative estimate of drug-likeness (QED) is 0.487. The average molecular weight is 136 g/mol. The van der Waals surface area contributed by atoms with Crippen molar-refractivity contribution in [1.29, 1.82) is 0 Å². The lowest BCUT2D eigenvalue weighted by atomic mass is 10.1. The van der Waals surface area contributed by atoms with E-state index in [2.05, 4.69) is 20.3 Å². The summed E-state index contributed by atoms with van der Waals surface area (Å²) in [5, 5.41) is 3.13. The first-order chi connectivity index (χ1) is 4.97. The molecule has 0 amide bonds. The first-order valence-corrected chi connectivity index (χ1v) is 3.25. The van der Waals surface area contributed by atoms with Crippen LogP contribution >= 0.6 is 0 Å². The molecule has 0 spiro atoms. The molecule has 2 rings (SSSR count). The molecule has 2 aliphatic heterocycles. The molecule has 10 heavy (non-hydrogen) atoms. The van der Waals surface area contributed by atoms with Gasteiger partial charge in [0.25, 0.3) is 0 Å². The molecule has 0 aromatic rings. The zero-order valence-electron chi connectivity index (χ0n) is 5.44. The molecule has 4 nitrogen and oxygen atoms in total. The van der Waals surface area contributed by atoms with Crippen molar-refractivity contribution in [3.8, 4) is 0 Å². The van der Waals surface area contributed by atoms with Gasteiger partial charge in [0.15, 0.2) is 0 Å². The molecule has 0 aliphatic carbocycles. The smallest absolute Gasteiger partial charge is 0.115 e. The van der Waals surface area contributed by atoms with Crippen LogP contribution in [0.3, 0.4) is 0 Å². The fraction of sp³-hybridized carbons (Fsp3) is 0.500. The summed E-state index contributed by atoms with van der Waals surface area (Å²) in [6.45, 7) is 0.673. The van der Waals surface area contributed by atoms with Crippen LogP contribution in [0.4, 0.5) is 0 Å². The van der Waals surface area contributed by atoms with Gasteiger partial charge in [0.1, 0.15) is 12.5 Å². The van der Waals surface area contributed by atoms with Crippen LogP contribution in [-0.4, -0.2) is 31.6 Å². The van der Waals surface area contributed by atoms with Crippen LogP contribution in [0.25, 0.3) is 0 Å². The number of aliphatic imine (C=N–C) groups is 3. The molecule has 2 aliphatic rings. The van der Waals surface area contributed by atoms with Crippen LogP contribution in [0.15, 0.2) is 15.0 Å². The zero-order valence-corrected chi connectivity index (χ0v) is 5.44. The maximum absolute atomic E-state index is 4.13. The van der Waals surface area contributed by atoms with Crippen molar-refractivity contribution in [2.75, 3.05) is 6.67 Å². The Balaban J connectivity index is 2.21. The second-order valence-electron chi connectivity index (χ2n) is 2.28. The van der Waals surface area contributed by atoms with Crippen molar-refractivity contribution >= 4 is 18.8 Å². The minimum atomic E-state index is 0.176. The van der Waals surface area contributed by atoms with E-state index >= 15 is 0 Å². The third-order valence-corrected chi connectivity index (χ3v) is 1.59. The summed E-state index contributed by atoms with van der Waals surface area (Å²) >= 11 is 0. The van der Waals surface area contributed by atoms with E-state index < -0.39 is 0 Å². The largest absolute Gasteiger partial charge is 0.281 e. The summed E-state index contributed by atoms with van der Waals surface area (Å²) in [7, 11) is 0. The lowest BCUT2D eigenvalue weighted by Crippen LogP contribution is -2.41. The molecule has 1 N–H and O–H groups in total. The van der Waals surface area contributed by atoms with Crippen LogP contribution < -0.4 is 5.32 Å². The first-order valence-electron chi connectivity index (χ1n) is 3.25. The van der Waals surface area contributed by atoms with E-state index in [-0.39, 0.29) is 12.1 Å². The molecule has 0 aromatic carbocycles. The monoisotopic (exact) mass is 136 g/mol. The van der Waals surface area contributed by atoms with Gasteiger partial charge in [-0.25, -0.2) is 4.99 Å². The lowest BCUT2D eigenvalue weighted by Gasteiger charge is -2.22. The summed E-state index contributed by atoms with van der Waals surface area (Å²) < 4.78 is 0. The Kier molecular flexibility index (Phi) is 1.32. The second kappa shape index (κ2) is 2.30. The van der Waals surface area contributed by atoms with Crippen molar-refractivity contribution in [1.82, 2.24) is 5.32 Å². The molecular formula is C6H8N4. The third-order valence-electron chi connectivity index (χ3n) is 1.59. The Morgan fingerprint density at radius 1 is 1.40 bits per heavy atom. The maximum atomic E-state index is 4.13. The van der Waals surface area contributed by atoms with Gasteiger partial charge in [-0.2, -0.15) is 0 Å². The van der Waals surface area contributed by atoms with Crippen LogP contribution in [-0.2, 0) is 0 Å². The molecule has 0 saturated heterocycles. The van der Waals surface area contributed by atoms with Gasteiger partial charge in [-0.3, -0.25) is 15.3 Å². The first kappa shape index (κ1) is 5.73. The molecule has 2 unspecified atom stereocenters. The van der Waals surface area contributed by atoms with Gasteiger partial charge in [-0.05, 0) is 0 Å². The standard InChI is InChI=1S/C6H8N4/c1-5-2-8-4-10-6(5)9-3-7-1/h1-3,5-6,10H,4H2. The van der Waals surface area contributed by atoms with Crippen LogP contribution in [0.2, 0.25) is 0 Å². The summed E-state index contributed by atoms with van der Waals surface area (Å²) in [5.41, 5.74) is 0. The van der Waals surface area contributed by atoms with Gasteiger partial charge < -0.3 is 0 Å². The van der Waals surface area contributed by atoms with Gasteiger partial charge in [0, 0.05) is 12.4 Å². The summed E-state index contributed by atoms with van der Waals surface area (Å²) in [6, 6.07) is 0. The summed E-state index contributed by atoms with van der Waals surface area (Å²) in [6.07, 6.45) is 5.50. The number of nitrogens with one attached hydrogen (secondary N) is 1. The predicted molar refractivity (Wildman–Crippen MR) is 40.8 cm³/mol. The van der Waals surface area contributed by atoms with E-state index in [1.165, 1.54) is 0 Å². The van der Waals surface area contributed by atoms with E-state index in [1.54, 1.807) is 6.34 Å². The van der Waals surface area contributed by atoms with Crippen molar-refractivity contribution in [2.45, 2.75) is 6.17 Å². The van der Waals surface area contributed by atoms with Crippen LogP contribution in [0, 0.1) is 5.92 Å². The van der Waals surface area contributed by atoms with Crippen molar-refractivity contribution < 1.29 is 0 Å². The van der Waals surface area contributed by atoms with Gasteiger partial charge >= 0.3 is 0 Å². The predicted octanol–water partition coefficient (Wildman–Crippen LogP) is -0.327. The lowest BCUT2D eigenvalue weighted by molar-refractivity contribution is 0.498. The highest BCUT2D eigenvalue weighted by atomic mass is 15.2. The normalized spacial score (nSPS) is 36.0. The Labute approximate surface area is 58.8 Å². The van der Waals surface area contributed by atoms with Gasteiger partial charge in [-0.15, -0.1) is 0 Å². The fourth-order valence-corrected chi connectivity index (χ4v) is 1.06. The molecule has 0 saturated carbocycles. The summed E-state index contributed by atoms with van der Waals surface area (Å²) in [4.78, 5) is 12.1. The van der Waals surface area contributed by atoms with Gasteiger partial charge in [0.2, 0.25) is 0 Å². The number of hydrogen-bond donors (Lipinski definition) is 1. The molecule has 2 heterocycles. The number of nitrogens with zero attached hydrogens (tertiary/aromatic N) is 3. The van der Waals surface area contributed by atoms with E-state index in [0.29, 0.717) is 6.67 Å². The highest BCUT2D eigenvalue weighted by Crippen LogP contribution is 2.06. The highest BCUT2D eigenvalue weighted by Gasteiger charge is 2.20. The molecule has 52 valence electrons. The third kappa shape index (κ3) is 0.863. The number of hydrogen-bond acceptors (Lipinski definition) is 4. The zero-order chi connectivity index (χ0) is 6.81. The Morgan fingerprint density at radius 3 is 3.30 bits per heavy atom. The Bertz CT molecular complexity index is 206. The number of fused-ring (bicyclic) bond motifs is 1. The van der Waals surface area contributed by atoms with E-state index in [9.17, 15) is 0 Å². The molecule has 4 heteroatoms. The molecule has 0 bridgehead atoms. The Hall–Kier alpha value is -1.03. The minimum Gasteiger partial charge on any atom is -0.281 e. The van der Waals surface area contributed by atoms with Crippen molar-refractivity contribution in [3.05, 3.63) is 0 Å². The Morgan fingerprint density at radius 2 is 2.40 bits per heavy atom. The van der Waals surface area contributed by atoms with Crippen molar-refractivity contribution in [2.24, 2.45) is 20.9 Å². The van der Waals surface area contributed by atoms with Crippen molar-refractivity contribution in [3.63, 3.8) is 0 Å². The molecule has 0 aromatic heterocycles. The molecule has 2 atom stereocenters. The summed E-state index contributed by atoms with van der Waals surface area (Å²) in [5.74, 6) is 0.263. The molecule has 0 radical (unpaired) electrons. The SMILES string of the molecule is C1=NC=NC2NCN=CC12. The molecule has 0 fully saturated rings.